The molecule has 5 heteroatoms. The molecule has 0 radical (unpaired) electrons. The maximum absolute atomic E-state index is 12.0. The van der Waals surface area contributed by atoms with Gasteiger partial charge in [-0.25, -0.2) is 0 Å². The highest BCUT2D eigenvalue weighted by Crippen LogP contribution is 2.20. The molecule has 0 aromatic carbocycles. The Labute approximate surface area is 121 Å². The van der Waals surface area contributed by atoms with Crippen molar-refractivity contribution >= 4 is 5.91 Å². The van der Waals surface area contributed by atoms with E-state index in [9.17, 15) is 4.79 Å². The number of hydrogen-bond acceptors (Lipinski definition) is 3. The lowest BCUT2D eigenvalue weighted by Gasteiger charge is -2.17. The van der Waals surface area contributed by atoms with Crippen LogP contribution in [0.15, 0.2) is 0 Å². The minimum atomic E-state index is 0.0229. The van der Waals surface area contributed by atoms with Crippen LogP contribution in [0.1, 0.15) is 49.2 Å². The zero-order valence-corrected chi connectivity index (χ0v) is 13.1. The lowest BCUT2D eigenvalue weighted by atomic mass is 10.1. The van der Waals surface area contributed by atoms with Crippen LogP contribution in [0.25, 0.3) is 0 Å². The Hall–Kier alpha value is -1.36. The minimum absolute atomic E-state index is 0.0229. The molecule has 0 spiro atoms. The van der Waals surface area contributed by atoms with Gasteiger partial charge < -0.3 is 10.2 Å². The van der Waals surface area contributed by atoms with Gasteiger partial charge in [-0.15, -0.1) is 0 Å². The van der Waals surface area contributed by atoms with Crippen molar-refractivity contribution in [1.82, 2.24) is 20.0 Å². The maximum Gasteiger partial charge on any atom is 0.221 e. The molecule has 1 aromatic rings. The lowest BCUT2D eigenvalue weighted by molar-refractivity contribution is -0.122. The van der Waals surface area contributed by atoms with Crippen LogP contribution in [0.5, 0.6) is 0 Å². The first kappa shape index (κ1) is 15.0. The minimum Gasteiger partial charge on any atom is -0.349 e. The van der Waals surface area contributed by atoms with Gasteiger partial charge in [0.05, 0.1) is 11.7 Å². The van der Waals surface area contributed by atoms with Crippen LogP contribution in [0.4, 0.5) is 0 Å². The monoisotopic (exact) mass is 278 g/mol. The van der Waals surface area contributed by atoms with Gasteiger partial charge in [0, 0.05) is 31.3 Å². The summed E-state index contributed by atoms with van der Waals surface area (Å²) in [5.74, 6) is 0.132. The van der Waals surface area contributed by atoms with Crippen LogP contribution in [0.3, 0.4) is 0 Å². The number of rotatable bonds is 5. The molecule has 1 atom stereocenters. The van der Waals surface area contributed by atoms with Crippen LogP contribution >= 0.6 is 0 Å². The summed E-state index contributed by atoms with van der Waals surface area (Å²) in [6.07, 6.45) is 3.13. The number of likely N-dealkylation sites (tertiary alicyclic amines) is 1. The molecule has 0 saturated carbocycles. The number of amides is 1. The van der Waals surface area contributed by atoms with E-state index in [1.54, 1.807) is 0 Å². The average Bonchev–Trinajstić information content (AvgIpc) is 2.96. The second kappa shape index (κ2) is 6.39. The van der Waals surface area contributed by atoms with Crippen molar-refractivity contribution in [2.24, 2.45) is 7.05 Å². The molecule has 1 aliphatic rings. The summed E-state index contributed by atoms with van der Waals surface area (Å²) in [6.45, 7) is 9.24. The third-order valence-electron chi connectivity index (χ3n) is 4.23. The fourth-order valence-corrected chi connectivity index (χ4v) is 3.07. The predicted octanol–water partition coefficient (Wildman–Crippen LogP) is 1.70. The van der Waals surface area contributed by atoms with E-state index in [4.69, 9.17) is 0 Å². The molecule has 1 fully saturated rings. The fourth-order valence-electron chi connectivity index (χ4n) is 3.07. The SMILES string of the molecule is Cc1nn(C)c(C)c1C(C)NC(=O)CCN1CCCC1. The van der Waals surface area contributed by atoms with Crippen LogP contribution in [-0.4, -0.2) is 40.2 Å². The van der Waals surface area contributed by atoms with Gasteiger partial charge in [0.2, 0.25) is 5.91 Å². The van der Waals surface area contributed by atoms with Crippen molar-refractivity contribution in [3.05, 3.63) is 17.0 Å². The van der Waals surface area contributed by atoms with Crippen molar-refractivity contribution < 1.29 is 4.79 Å². The summed E-state index contributed by atoms with van der Waals surface area (Å²) in [6, 6.07) is 0.0229. The summed E-state index contributed by atoms with van der Waals surface area (Å²) in [5.41, 5.74) is 3.26. The molecular formula is C15H26N4O. The Bertz CT molecular complexity index is 474. The first-order chi connectivity index (χ1) is 9.49. The van der Waals surface area contributed by atoms with Crippen LogP contribution in [0.2, 0.25) is 0 Å². The molecular weight excluding hydrogens is 252 g/mol. The van der Waals surface area contributed by atoms with Gasteiger partial charge in [0.15, 0.2) is 0 Å². The fraction of sp³-hybridized carbons (Fsp3) is 0.733. The Morgan fingerprint density at radius 1 is 1.35 bits per heavy atom. The summed E-state index contributed by atoms with van der Waals surface area (Å²) in [7, 11) is 1.94. The molecule has 1 N–H and O–H groups in total. The summed E-state index contributed by atoms with van der Waals surface area (Å²) >= 11 is 0. The van der Waals surface area contributed by atoms with Crippen LogP contribution < -0.4 is 5.32 Å². The third-order valence-corrected chi connectivity index (χ3v) is 4.23. The highest BCUT2D eigenvalue weighted by molar-refractivity contribution is 5.76. The predicted molar refractivity (Wildman–Crippen MR) is 79.5 cm³/mol. The molecule has 112 valence electrons. The topological polar surface area (TPSA) is 50.2 Å². The molecule has 0 bridgehead atoms. The van der Waals surface area contributed by atoms with E-state index in [0.29, 0.717) is 6.42 Å². The summed E-state index contributed by atoms with van der Waals surface area (Å²) < 4.78 is 1.87. The largest absolute Gasteiger partial charge is 0.349 e. The van der Waals surface area contributed by atoms with Crippen molar-refractivity contribution in [3.63, 3.8) is 0 Å². The van der Waals surface area contributed by atoms with Gasteiger partial charge in [0.1, 0.15) is 0 Å². The molecule has 2 rings (SSSR count). The van der Waals surface area contributed by atoms with Gasteiger partial charge >= 0.3 is 0 Å². The van der Waals surface area contributed by atoms with E-state index in [1.165, 1.54) is 12.8 Å². The highest BCUT2D eigenvalue weighted by Gasteiger charge is 2.19. The number of nitrogens with zero attached hydrogens (tertiary/aromatic N) is 3. The molecule has 5 nitrogen and oxygen atoms in total. The molecule has 1 saturated heterocycles. The van der Waals surface area contributed by atoms with Crippen molar-refractivity contribution in [2.75, 3.05) is 19.6 Å². The molecule has 1 unspecified atom stereocenters. The first-order valence-electron chi connectivity index (χ1n) is 7.51. The maximum atomic E-state index is 12.0. The van der Waals surface area contributed by atoms with Gasteiger partial charge in [0.25, 0.3) is 0 Å². The first-order valence-corrected chi connectivity index (χ1v) is 7.51. The normalized spacial score (nSPS) is 17.4. The smallest absolute Gasteiger partial charge is 0.221 e. The zero-order chi connectivity index (χ0) is 14.7. The molecule has 0 aliphatic carbocycles. The Morgan fingerprint density at radius 2 is 2.00 bits per heavy atom. The standard InChI is InChI=1S/C15H26N4O/c1-11(15-12(2)17-18(4)13(15)3)16-14(20)7-10-19-8-5-6-9-19/h11H,5-10H2,1-4H3,(H,16,20). The molecule has 20 heavy (non-hydrogen) atoms. The Balaban J connectivity index is 1.86. The van der Waals surface area contributed by atoms with E-state index >= 15 is 0 Å². The van der Waals surface area contributed by atoms with E-state index in [2.05, 4.69) is 15.3 Å². The average molecular weight is 278 g/mol. The van der Waals surface area contributed by atoms with Gasteiger partial charge in [-0.2, -0.15) is 5.10 Å². The number of carbonyl (C=O) groups excluding carboxylic acids is 1. The van der Waals surface area contributed by atoms with Crippen molar-refractivity contribution in [1.29, 1.82) is 0 Å². The van der Waals surface area contributed by atoms with Crippen molar-refractivity contribution in [2.45, 2.75) is 46.1 Å². The lowest BCUT2D eigenvalue weighted by Crippen LogP contribution is -2.31. The quantitative estimate of drug-likeness (QED) is 0.892. The van der Waals surface area contributed by atoms with Gasteiger partial charge in [-0.3, -0.25) is 9.48 Å². The van der Waals surface area contributed by atoms with E-state index in [0.717, 1.165) is 36.6 Å². The third kappa shape index (κ3) is 3.39. The Morgan fingerprint density at radius 3 is 2.55 bits per heavy atom. The zero-order valence-electron chi connectivity index (χ0n) is 13.1. The van der Waals surface area contributed by atoms with Gasteiger partial charge in [-0.1, -0.05) is 0 Å². The number of hydrogen-bond donors (Lipinski definition) is 1. The van der Waals surface area contributed by atoms with Gasteiger partial charge in [-0.05, 0) is 46.7 Å². The van der Waals surface area contributed by atoms with Crippen LogP contribution in [0, 0.1) is 13.8 Å². The molecule has 1 amide bonds. The number of aryl methyl sites for hydroxylation is 2. The molecule has 1 aromatic heterocycles. The second-order valence-electron chi connectivity index (χ2n) is 5.80. The molecule has 1 aliphatic heterocycles. The van der Waals surface area contributed by atoms with Crippen LogP contribution in [-0.2, 0) is 11.8 Å². The van der Waals surface area contributed by atoms with E-state index < -0.39 is 0 Å². The Kier molecular flexibility index (Phi) is 4.81. The number of carbonyl (C=O) groups is 1. The second-order valence-corrected chi connectivity index (χ2v) is 5.80. The van der Waals surface area contributed by atoms with E-state index in [1.807, 2.05) is 32.5 Å². The summed E-state index contributed by atoms with van der Waals surface area (Å²) in [4.78, 5) is 14.4. The number of nitrogens with one attached hydrogen (secondary N) is 1. The molecule has 2 heterocycles. The number of aromatic nitrogens is 2. The van der Waals surface area contributed by atoms with E-state index in [-0.39, 0.29) is 11.9 Å². The van der Waals surface area contributed by atoms with Crippen molar-refractivity contribution in [3.8, 4) is 0 Å². The highest BCUT2D eigenvalue weighted by atomic mass is 16.1. The summed E-state index contributed by atoms with van der Waals surface area (Å²) in [5, 5.41) is 7.50.